The molecule has 0 saturated carbocycles. The second-order valence-corrected chi connectivity index (χ2v) is 7.74. The number of hydrogen-bond donors (Lipinski definition) is 0. The smallest absolute Gasteiger partial charge is 0.192 e. The normalized spacial score (nSPS) is 10.2. The van der Waals surface area contributed by atoms with Gasteiger partial charge in [-0.2, -0.15) is 29.5 Å². The Kier molecular flexibility index (Phi) is 5.64. The lowest BCUT2D eigenvalue weighted by Gasteiger charge is -2.12. The van der Waals surface area contributed by atoms with Gasteiger partial charge in [0.05, 0.1) is 51.6 Å². The summed E-state index contributed by atoms with van der Waals surface area (Å²) in [6.07, 6.45) is 11.4. The first kappa shape index (κ1) is 21.4. The van der Waals surface area contributed by atoms with Gasteiger partial charge in [-0.1, -0.05) is 0 Å². The first-order chi connectivity index (χ1) is 16.0. The fourth-order valence-corrected chi connectivity index (χ4v) is 4.29. The molecule has 6 nitrogen and oxygen atoms in total. The van der Waals surface area contributed by atoms with E-state index in [1.54, 1.807) is 36.4 Å². The van der Waals surface area contributed by atoms with Gasteiger partial charge in [0.25, 0.3) is 0 Å². The van der Waals surface area contributed by atoms with E-state index in [0.717, 1.165) is 33.8 Å². The highest BCUT2D eigenvalue weighted by molar-refractivity contribution is 5.62. The molecule has 0 fully saturated rings. The molecule has 3 heterocycles. The molecule has 4 aromatic rings. The first-order valence-corrected chi connectivity index (χ1v) is 10.4. The highest BCUT2D eigenvalue weighted by Crippen LogP contribution is 2.28. The summed E-state index contributed by atoms with van der Waals surface area (Å²) in [5.74, 6) is 0. The zero-order valence-corrected chi connectivity index (χ0v) is 18.6. The van der Waals surface area contributed by atoms with E-state index in [2.05, 4.69) is 39.0 Å². The molecule has 33 heavy (non-hydrogen) atoms. The Morgan fingerprint density at radius 1 is 0.455 bits per heavy atom. The van der Waals surface area contributed by atoms with Crippen molar-refractivity contribution in [1.82, 2.24) is 0 Å². The highest BCUT2D eigenvalue weighted by atomic mass is 15.0. The molecule has 0 N–H and O–H groups in total. The van der Waals surface area contributed by atoms with Crippen molar-refractivity contribution in [2.24, 2.45) is 0 Å². The number of nitriles is 3. The summed E-state index contributed by atoms with van der Waals surface area (Å²) in [4.78, 5) is 0. The second-order valence-electron chi connectivity index (χ2n) is 7.74. The third-order valence-corrected chi connectivity index (χ3v) is 5.78. The van der Waals surface area contributed by atoms with Crippen LogP contribution in [0.15, 0.2) is 73.6 Å². The average Bonchev–Trinajstić information content (AvgIpc) is 2.85. The molecular weight excluding hydrogens is 408 g/mol. The lowest BCUT2D eigenvalue weighted by atomic mass is 9.97. The fraction of sp³-hybridized carbons (Fsp3) is 0.111. The van der Waals surface area contributed by atoms with Crippen molar-refractivity contribution in [1.29, 1.82) is 15.8 Å². The first-order valence-electron chi connectivity index (χ1n) is 10.4. The van der Waals surface area contributed by atoms with E-state index in [1.165, 1.54) is 0 Å². The highest BCUT2D eigenvalue weighted by Gasteiger charge is 2.33. The summed E-state index contributed by atoms with van der Waals surface area (Å²) in [5, 5.41) is 27.6. The fourth-order valence-electron chi connectivity index (χ4n) is 4.29. The zero-order chi connectivity index (χ0) is 23.5. The van der Waals surface area contributed by atoms with Crippen LogP contribution in [-0.2, 0) is 0 Å². The Morgan fingerprint density at radius 3 is 0.848 bits per heavy atom. The quantitative estimate of drug-likeness (QED) is 0.469. The summed E-state index contributed by atoms with van der Waals surface area (Å²) in [7, 11) is 0. The molecule has 0 aliphatic carbocycles. The van der Waals surface area contributed by atoms with Crippen LogP contribution in [0.3, 0.4) is 0 Å². The van der Waals surface area contributed by atoms with Crippen LogP contribution in [0.4, 0.5) is 0 Å². The number of hydrogen-bond acceptors (Lipinski definition) is 3. The minimum absolute atomic E-state index is 0.594. The third kappa shape index (κ3) is 3.81. The second kappa shape index (κ2) is 8.71. The van der Waals surface area contributed by atoms with Crippen LogP contribution < -0.4 is 13.7 Å². The van der Waals surface area contributed by atoms with Crippen molar-refractivity contribution in [2.75, 3.05) is 0 Å². The molecule has 0 bridgehead atoms. The number of rotatable bonds is 3. The number of pyridine rings is 3. The number of aromatic nitrogens is 3. The van der Waals surface area contributed by atoms with Gasteiger partial charge < -0.3 is 0 Å². The lowest BCUT2D eigenvalue weighted by Crippen LogP contribution is -2.41. The van der Waals surface area contributed by atoms with Gasteiger partial charge in [-0.15, -0.1) is 0 Å². The van der Waals surface area contributed by atoms with Gasteiger partial charge in [0, 0.05) is 36.4 Å². The van der Waals surface area contributed by atoms with E-state index in [9.17, 15) is 15.8 Å². The van der Waals surface area contributed by atoms with Gasteiger partial charge in [-0.3, -0.25) is 0 Å². The molecular formula is C27H21N6+3. The summed E-state index contributed by atoms with van der Waals surface area (Å²) in [6.45, 7) is 6.23. The predicted octanol–water partition coefficient (Wildman–Crippen LogP) is 3.06. The van der Waals surface area contributed by atoms with Crippen molar-refractivity contribution < 1.29 is 13.7 Å². The van der Waals surface area contributed by atoms with Crippen molar-refractivity contribution in [3.05, 3.63) is 107 Å². The van der Waals surface area contributed by atoms with Crippen LogP contribution in [0.5, 0.6) is 0 Å². The maximum atomic E-state index is 9.20. The maximum absolute atomic E-state index is 9.20. The molecule has 0 radical (unpaired) electrons. The Hall–Kier alpha value is -4.86. The number of benzene rings is 1. The standard InChI is InChI=1S/C27H21N6/c1-19-25(31-10-4-22(16-28)5-11-31)20(2)27(33-14-8-24(18-30)9-15-33)21(3)26(19)32-12-6-23(17-29)7-13-32/h4-15H,1-3H3/q+3. The molecule has 4 rings (SSSR count). The van der Waals surface area contributed by atoms with E-state index in [-0.39, 0.29) is 0 Å². The average molecular weight is 430 g/mol. The zero-order valence-electron chi connectivity index (χ0n) is 18.6. The van der Waals surface area contributed by atoms with Gasteiger partial charge in [-0.05, 0) is 20.8 Å². The Balaban J connectivity index is 2.06. The van der Waals surface area contributed by atoms with E-state index in [4.69, 9.17) is 0 Å². The molecule has 0 aliphatic rings. The van der Waals surface area contributed by atoms with Crippen LogP contribution in [0.1, 0.15) is 33.4 Å². The van der Waals surface area contributed by atoms with Gasteiger partial charge >= 0.3 is 0 Å². The molecule has 6 heteroatoms. The van der Waals surface area contributed by atoms with Crippen molar-refractivity contribution in [3.8, 4) is 35.3 Å². The Bertz CT molecular complexity index is 1270. The topological polar surface area (TPSA) is 83.0 Å². The number of nitrogens with zero attached hydrogens (tertiary/aromatic N) is 6. The molecule has 0 unspecified atom stereocenters. The molecule has 0 amide bonds. The largest absolute Gasteiger partial charge is 0.229 e. The minimum Gasteiger partial charge on any atom is -0.192 e. The summed E-state index contributed by atoms with van der Waals surface area (Å²) >= 11 is 0. The van der Waals surface area contributed by atoms with Gasteiger partial charge in [0.15, 0.2) is 37.2 Å². The molecule has 0 spiro atoms. The van der Waals surface area contributed by atoms with Crippen molar-refractivity contribution in [2.45, 2.75) is 20.8 Å². The summed E-state index contributed by atoms with van der Waals surface area (Å²) < 4.78 is 6.06. The monoisotopic (exact) mass is 429 g/mol. The molecule has 0 aliphatic heterocycles. The van der Waals surface area contributed by atoms with E-state index >= 15 is 0 Å². The minimum atomic E-state index is 0.594. The van der Waals surface area contributed by atoms with Crippen LogP contribution in [0.2, 0.25) is 0 Å². The molecule has 156 valence electrons. The van der Waals surface area contributed by atoms with E-state index in [1.807, 2.05) is 50.9 Å². The Labute approximate surface area is 192 Å². The predicted molar refractivity (Wildman–Crippen MR) is 119 cm³/mol. The van der Waals surface area contributed by atoms with E-state index < -0.39 is 0 Å². The molecule has 0 saturated heterocycles. The molecule has 1 aromatic carbocycles. The van der Waals surface area contributed by atoms with Crippen LogP contribution in [-0.4, -0.2) is 0 Å². The van der Waals surface area contributed by atoms with Crippen molar-refractivity contribution >= 4 is 0 Å². The van der Waals surface area contributed by atoms with Crippen LogP contribution >= 0.6 is 0 Å². The van der Waals surface area contributed by atoms with Gasteiger partial charge in [0.2, 0.25) is 17.1 Å². The van der Waals surface area contributed by atoms with Crippen molar-refractivity contribution in [3.63, 3.8) is 0 Å². The molecule has 0 atom stereocenters. The van der Waals surface area contributed by atoms with E-state index in [0.29, 0.717) is 16.7 Å². The van der Waals surface area contributed by atoms with Gasteiger partial charge in [-0.25, -0.2) is 0 Å². The van der Waals surface area contributed by atoms with Crippen LogP contribution in [0.25, 0.3) is 17.1 Å². The summed E-state index contributed by atoms with van der Waals surface area (Å²) in [5.41, 5.74) is 7.98. The maximum Gasteiger partial charge on any atom is 0.229 e. The Morgan fingerprint density at radius 2 is 0.667 bits per heavy atom. The van der Waals surface area contributed by atoms with Crippen LogP contribution in [0, 0.1) is 54.8 Å². The van der Waals surface area contributed by atoms with Gasteiger partial charge in [0.1, 0.15) is 0 Å². The summed E-state index contributed by atoms with van der Waals surface area (Å²) in [6, 6.07) is 17.3. The third-order valence-electron chi connectivity index (χ3n) is 5.78. The molecule has 3 aromatic heterocycles. The SMILES string of the molecule is Cc1c(-[n+]2ccc(C#N)cc2)c(C)c(-[n+]2ccc(C#N)cc2)c(C)c1-[n+]1ccc(C#N)cc1. The lowest BCUT2D eigenvalue weighted by molar-refractivity contribution is -0.614.